The lowest BCUT2D eigenvalue weighted by Gasteiger charge is -2.15. The summed E-state index contributed by atoms with van der Waals surface area (Å²) in [5.74, 6) is -1.03. The predicted molar refractivity (Wildman–Crippen MR) is 114 cm³/mol. The van der Waals surface area contributed by atoms with E-state index in [0.29, 0.717) is 29.4 Å². The Kier molecular flexibility index (Phi) is 5.30. The van der Waals surface area contributed by atoms with Crippen molar-refractivity contribution in [3.63, 3.8) is 0 Å². The number of hydrogen-bond donors (Lipinski definition) is 1. The van der Waals surface area contributed by atoms with Crippen LogP contribution in [0.4, 0.5) is 0 Å². The minimum absolute atomic E-state index is 0.165. The summed E-state index contributed by atoms with van der Waals surface area (Å²) in [5.41, 5.74) is 2.53. The predicted octanol–water partition coefficient (Wildman–Crippen LogP) is 3.53. The van der Waals surface area contributed by atoms with Crippen LogP contribution in [0.2, 0.25) is 0 Å². The number of hydrogen-bond acceptors (Lipinski definition) is 5. The van der Waals surface area contributed by atoms with Crippen LogP contribution in [0.3, 0.4) is 0 Å². The topological polar surface area (TPSA) is 81.4 Å². The van der Waals surface area contributed by atoms with Crippen LogP contribution in [-0.4, -0.2) is 27.7 Å². The maximum Gasteiger partial charge on any atom is 0.360 e. The first-order valence-corrected chi connectivity index (χ1v) is 9.49. The second-order valence-electron chi connectivity index (χ2n) is 6.95. The Morgan fingerprint density at radius 3 is 2.30 bits per heavy atom. The van der Waals surface area contributed by atoms with Gasteiger partial charge in [-0.25, -0.2) is 9.78 Å². The summed E-state index contributed by atoms with van der Waals surface area (Å²) in [5, 5.41) is 11.1. The zero-order chi connectivity index (χ0) is 21.1. The van der Waals surface area contributed by atoms with E-state index in [1.54, 1.807) is 10.6 Å². The third-order valence-corrected chi connectivity index (χ3v) is 5.00. The van der Waals surface area contributed by atoms with Gasteiger partial charge in [-0.05, 0) is 17.2 Å². The number of carbonyl (C=O) groups excluding carboxylic acids is 1. The van der Waals surface area contributed by atoms with Crippen molar-refractivity contribution in [2.75, 3.05) is 7.11 Å². The Labute approximate surface area is 173 Å². The molecule has 0 aliphatic rings. The average Bonchev–Trinajstić information content (AvgIpc) is 2.78. The number of aromatic nitrogens is 2. The molecule has 150 valence electrons. The summed E-state index contributed by atoms with van der Waals surface area (Å²) < 4.78 is 6.29. The molecule has 2 heterocycles. The van der Waals surface area contributed by atoms with Crippen molar-refractivity contribution in [1.29, 1.82) is 0 Å². The van der Waals surface area contributed by atoms with Gasteiger partial charge in [0.05, 0.1) is 25.4 Å². The van der Waals surface area contributed by atoms with Crippen LogP contribution in [0.15, 0.2) is 77.7 Å². The van der Waals surface area contributed by atoms with Gasteiger partial charge >= 0.3 is 5.97 Å². The molecule has 0 atom stereocenters. The van der Waals surface area contributed by atoms with Gasteiger partial charge in [0.25, 0.3) is 5.56 Å². The van der Waals surface area contributed by atoms with Crippen LogP contribution in [0.1, 0.15) is 27.2 Å². The van der Waals surface area contributed by atoms with E-state index in [1.165, 1.54) is 13.3 Å². The zero-order valence-corrected chi connectivity index (χ0v) is 16.4. The van der Waals surface area contributed by atoms with E-state index in [-0.39, 0.29) is 17.0 Å². The number of aromatic hydroxyl groups is 1. The van der Waals surface area contributed by atoms with Crippen molar-refractivity contribution in [3.8, 4) is 5.75 Å². The lowest BCUT2D eigenvalue weighted by molar-refractivity contribution is 0.0591. The molecular formula is C24H20N2O4. The van der Waals surface area contributed by atoms with Crippen LogP contribution in [0, 0.1) is 0 Å². The summed E-state index contributed by atoms with van der Waals surface area (Å²) in [6.07, 6.45) is 1.83. The molecule has 30 heavy (non-hydrogen) atoms. The molecule has 0 fully saturated rings. The lowest BCUT2D eigenvalue weighted by atomic mass is 10.0. The monoisotopic (exact) mass is 400 g/mol. The molecule has 0 radical (unpaired) electrons. The van der Waals surface area contributed by atoms with Gasteiger partial charge < -0.3 is 14.4 Å². The van der Waals surface area contributed by atoms with E-state index < -0.39 is 5.97 Å². The molecule has 4 rings (SSSR count). The van der Waals surface area contributed by atoms with E-state index in [2.05, 4.69) is 4.98 Å². The minimum atomic E-state index is -0.736. The van der Waals surface area contributed by atoms with Gasteiger partial charge in [0.1, 0.15) is 0 Å². The zero-order valence-electron chi connectivity index (χ0n) is 16.4. The molecule has 0 aliphatic carbocycles. The molecular weight excluding hydrogens is 380 g/mol. The molecule has 0 amide bonds. The molecule has 6 nitrogen and oxygen atoms in total. The fourth-order valence-electron chi connectivity index (χ4n) is 3.49. The summed E-state index contributed by atoms with van der Waals surface area (Å²) in [6.45, 7) is 0.317. The molecule has 0 saturated carbocycles. The molecule has 0 unspecified atom stereocenters. The highest BCUT2D eigenvalue weighted by Gasteiger charge is 2.20. The van der Waals surface area contributed by atoms with E-state index in [9.17, 15) is 14.7 Å². The van der Waals surface area contributed by atoms with Crippen LogP contribution >= 0.6 is 0 Å². The first kappa shape index (κ1) is 19.4. The van der Waals surface area contributed by atoms with Crippen LogP contribution in [0.5, 0.6) is 5.75 Å². The first-order valence-electron chi connectivity index (χ1n) is 9.49. The molecule has 0 spiro atoms. The first-order chi connectivity index (χ1) is 14.6. The van der Waals surface area contributed by atoms with Crippen molar-refractivity contribution < 1.29 is 14.6 Å². The van der Waals surface area contributed by atoms with Gasteiger partial charge in [0.2, 0.25) is 0 Å². The smallest absolute Gasteiger partial charge is 0.360 e. The molecule has 2 aromatic carbocycles. The number of nitrogens with zero attached hydrogens (tertiary/aromatic N) is 2. The van der Waals surface area contributed by atoms with E-state index in [1.807, 2.05) is 60.7 Å². The van der Waals surface area contributed by atoms with Gasteiger partial charge in [-0.1, -0.05) is 60.7 Å². The van der Waals surface area contributed by atoms with E-state index in [4.69, 9.17) is 4.74 Å². The Balaban J connectivity index is 1.94. The van der Waals surface area contributed by atoms with Crippen molar-refractivity contribution >= 4 is 16.9 Å². The number of methoxy groups -OCH3 is 1. The Morgan fingerprint density at radius 1 is 1.03 bits per heavy atom. The normalized spacial score (nSPS) is 10.8. The molecule has 0 bridgehead atoms. The summed E-state index contributed by atoms with van der Waals surface area (Å²) in [6, 6.07) is 20.8. The quantitative estimate of drug-likeness (QED) is 0.519. The maximum atomic E-state index is 13.3. The standard InChI is InChI=1S/C24H20N2O4/c1-30-24(29)21-22(27)19-13-18(12-16-8-4-2-5-9-16)23(28)26(20(19)14-25-21)15-17-10-6-3-7-11-17/h2-11,13-14,27H,12,15H2,1H3. The van der Waals surface area contributed by atoms with Crippen LogP contribution in [0.25, 0.3) is 10.9 Å². The summed E-state index contributed by atoms with van der Waals surface area (Å²) >= 11 is 0. The second-order valence-corrected chi connectivity index (χ2v) is 6.95. The van der Waals surface area contributed by atoms with Crippen LogP contribution in [-0.2, 0) is 17.7 Å². The fourth-order valence-corrected chi connectivity index (χ4v) is 3.49. The third-order valence-electron chi connectivity index (χ3n) is 5.00. The number of benzene rings is 2. The number of pyridine rings is 2. The van der Waals surface area contributed by atoms with Crippen molar-refractivity contribution in [2.24, 2.45) is 0 Å². The number of esters is 1. The van der Waals surface area contributed by atoms with E-state index >= 15 is 0 Å². The van der Waals surface area contributed by atoms with Crippen molar-refractivity contribution in [1.82, 2.24) is 9.55 Å². The highest BCUT2D eigenvalue weighted by Crippen LogP contribution is 2.28. The van der Waals surface area contributed by atoms with Gasteiger partial charge in [0.15, 0.2) is 11.4 Å². The maximum absolute atomic E-state index is 13.3. The van der Waals surface area contributed by atoms with Gasteiger partial charge in [-0.15, -0.1) is 0 Å². The molecule has 6 heteroatoms. The second kappa shape index (κ2) is 8.21. The SMILES string of the molecule is COC(=O)c1ncc2c(cc(Cc3ccccc3)c(=O)n2Cc2ccccc2)c1O. The highest BCUT2D eigenvalue weighted by molar-refractivity contribution is 5.98. The molecule has 2 aromatic heterocycles. The Bertz CT molecular complexity index is 1270. The van der Waals surface area contributed by atoms with Gasteiger partial charge in [0, 0.05) is 17.4 Å². The molecule has 0 saturated heterocycles. The Hall–Kier alpha value is -3.93. The van der Waals surface area contributed by atoms with Gasteiger partial charge in [-0.3, -0.25) is 4.79 Å². The summed E-state index contributed by atoms with van der Waals surface area (Å²) in [7, 11) is 1.23. The third kappa shape index (κ3) is 3.67. The average molecular weight is 400 g/mol. The number of ether oxygens (including phenoxy) is 1. The number of carbonyl (C=O) groups is 1. The van der Waals surface area contributed by atoms with Crippen LogP contribution < -0.4 is 5.56 Å². The largest absolute Gasteiger partial charge is 0.505 e. The molecule has 4 aromatic rings. The van der Waals surface area contributed by atoms with Crippen molar-refractivity contribution in [2.45, 2.75) is 13.0 Å². The molecule has 0 aliphatic heterocycles. The Morgan fingerprint density at radius 2 is 1.67 bits per heavy atom. The number of rotatable bonds is 5. The lowest BCUT2D eigenvalue weighted by Crippen LogP contribution is -2.25. The molecule has 1 N–H and O–H groups in total. The number of fused-ring (bicyclic) bond motifs is 1. The van der Waals surface area contributed by atoms with Crippen molar-refractivity contribution in [3.05, 3.63) is 106 Å². The minimum Gasteiger partial charge on any atom is -0.505 e. The van der Waals surface area contributed by atoms with Gasteiger partial charge in [-0.2, -0.15) is 0 Å². The highest BCUT2D eigenvalue weighted by atomic mass is 16.5. The van der Waals surface area contributed by atoms with E-state index in [0.717, 1.165) is 11.1 Å². The fraction of sp³-hybridized carbons (Fsp3) is 0.125. The summed E-state index contributed by atoms with van der Waals surface area (Å²) in [4.78, 5) is 29.4.